The van der Waals surface area contributed by atoms with Crippen molar-refractivity contribution in [3.63, 3.8) is 0 Å². The van der Waals surface area contributed by atoms with E-state index in [1.807, 2.05) is 6.07 Å². The van der Waals surface area contributed by atoms with E-state index in [1.54, 1.807) is 0 Å². The predicted molar refractivity (Wildman–Crippen MR) is 90.2 cm³/mol. The van der Waals surface area contributed by atoms with Gasteiger partial charge in [-0.1, -0.05) is 13.8 Å². The van der Waals surface area contributed by atoms with Crippen molar-refractivity contribution in [1.82, 2.24) is 4.90 Å². The average Bonchev–Trinajstić information content (AvgIpc) is 2.53. The van der Waals surface area contributed by atoms with Crippen LogP contribution in [0.15, 0.2) is 18.2 Å². The first-order chi connectivity index (χ1) is 10.2. The fourth-order valence-electron chi connectivity index (χ4n) is 2.74. The van der Waals surface area contributed by atoms with Gasteiger partial charge in [0.15, 0.2) is 0 Å². The third-order valence-electron chi connectivity index (χ3n) is 4.35. The summed E-state index contributed by atoms with van der Waals surface area (Å²) in [6.45, 7) is 11.8. The molecule has 118 valence electrons. The first-order valence-corrected chi connectivity index (χ1v) is 8.17. The molecule has 0 spiro atoms. The molecule has 2 rings (SSSR count). The minimum absolute atomic E-state index is 0.682. The van der Waals surface area contributed by atoms with Crippen molar-refractivity contribution in [2.24, 2.45) is 0 Å². The number of piperazine rings is 1. The number of hydrogen-bond acceptors (Lipinski definition) is 4. The van der Waals surface area contributed by atoms with E-state index in [2.05, 4.69) is 42.7 Å². The zero-order chi connectivity index (χ0) is 15.2. The molecule has 1 heterocycles. The fraction of sp³-hybridized carbons (Fsp3) is 0.647. The molecule has 0 amide bonds. The van der Waals surface area contributed by atoms with Gasteiger partial charge in [0.1, 0.15) is 5.75 Å². The predicted octanol–water partition coefficient (Wildman–Crippen LogP) is 2.98. The van der Waals surface area contributed by atoms with Crippen LogP contribution in [0.1, 0.15) is 33.6 Å². The Kier molecular flexibility index (Phi) is 5.74. The molecule has 1 unspecified atom stereocenters. The van der Waals surface area contributed by atoms with Crippen LogP contribution in [0.2, 0.25) is 0 Å². The smallest absolute Gasteiger partial charge is 0.144 e. The largest absolute Gasteiger partial charge is 0.491 e. The van der Waals surface area contributed by atoms with Gasteiger partial charge >= 0.3 is 0 Å². The average molecular weight is 291 g/mol. The molecule has 1 aliphatic heterocycles. The Morgan fingerprint density at radius 3 is 2.52 bits per heavy atom. The Hall–Kier alpha value is -1.42. The van der Waals surface area contributed by atoms with E-state index in [1.165, 1.54) is 12.1 Å². The third kappa shape index (κ3) is 4.03. The van der Waals surface area contributed by atoms with Gasteiger partial charge in [0.2, 0.25) is 0 Å². The highest BCUT2D eigenvalue weighted by atomic mass is 16.5. The van der Waals surface area contributed by atoms with Gasteiger partial charge in [0.25, 0.3) is 0 Å². The van der Waals surface area contributed by atoms with Gasteiger partial charge in [-0.3, -0.25) is 4.90 Å². The molecule has 4 heteroatoms. The molecule has 1 atom stereocenters. The number of nitrogens with two attached hydrogens (primary N) is 1. The van der Waals surface area contributed by atoms with Crippen molar-refractivity contribution < 1.29 is 4.74 Å². The summed E-state index contributed by atoms with van der Waals surface area (Å²) in [5, 5.41) is 0. The highest BCUT2D eigenvalue weighted by Gasteiger charge is 2.20. The summed E-state index contributed by atoms with van der Waals surface area (Å²) in [5.74, 6) is 0.818. The molecule has 1 aliphatic rings. The van der Waals surface area contributed by atoms with Crippen molar-refractivity contribution >= 4 is 11.4 Å². The second-order valence-corrected chi connectivity index (χ2v) is 5.85. The molecule has 2 N–H and O–H groups in total. The van der Waals surface area contributed by atoms with E-state index in [0.29, 0.717) is 6.04 Å². The molecule has 4 nitrogen and oxygen atoms in total. The zero-order valence-corrected chi connectivity index (χ0v) is 13.6. The Balaban J connectivity index is 1.99. The lowest BCUT2D eigenvalue weighted by Crippen LogP contribution is -2.49. The maximum Gasteiger partial charge on any atom is 0.144 e. The normalized spacial score (nSPS) is 17.8. The van der Waals surface area contributed by atoms with Gasteiger partial charge < -0.3 is 15.4 Å². The van der Waals surface area contributed by atoms with Crippen molar-refractivity contribution in [2.45, 2.75) is 39.7 Å². The van der Waals surface area contributed by atoms with Gasteiger partial charge in [-0.15, -0.1) is 0 Å². The first kappa shape index (κ1) is 16.0. The number of nitrogens with zero attached hydrogens (tertiary/aromatic N) is 2. The number of anilines is 2. The zero-order valence-electron chi connectivity index (χ0n) is 13.6. The number of hydrogen-bond donors (Lipinski definition) is 1. The van der Waals surface area contributed by atoms with E-state index in [9.17, 15) is 0 Å². The maximum atomic E-state index is 5.99. The number of ether oxygens (including phenoxy) is 1. The number of nitrogen functional groups attached to an aromatic ring is 1. The topological polar surface area (TPSA) is 41.7 Å². The molecule has 0 bridgehead atoms. The molecule has 1 fully saturated rings. The van der Waals surface area contributed by atoms with E-state index in [-0.39, 0.29) is 0 Å². The minimum atomic E-state index is 0.682. The molecular weight excluding hydrogens is 262 g/mol. The SMILES string of the molecule is CCCOc1cc(N2CCN(C(C)CC)CC2)ccc1N. The molecular formula is C17H29N3O. The number of rotatable bonds is 6. The number of benzene rings is 1. The quantitative estimate of drug-likeness (QED) is 0.818. The van der Waals surface area contributed by atoms with Crippen LogP contribution in [0.25, 0.3) is 0 Å². The van der Waals surface area contributed by atoms with E-state index in [4.69, 9.17) is 10.5 Å². The van der Waals surface area contributed by atoms with Crippen molar-refractivity contribution in [1.29, 1.82) is 0 Å². The van der Waals surface area contributed by atoms with Gasteiger partial charge in [-0.05, 0) is 31.9 Å². The first-order valence-electron chi connectivity index (χ1n) is 8.17. The summed E-state index contributed by atoms with van der Waals surface area (Å²) in [5.41, 5.74) is 7.94. The fourth-order valence-corrected chi connectivity index (χ4v) is 2.74. The van der Waals surface area contributed by atoms with Crippen LogP contribution in [0, 0.1) is 0 Å². The lowest BCUT2D eigenvalue weighted by atomic mass is 10.1. The minimum Gasteiger partial charge on any atom is -0.491 e. The van der Waals surface area contributed by atoms with Crippen molar-refractivity contribution in [3.05, 3.63) is 18.2 Å². The summed E-state index contributed by atoms with van der Waals surface area (Å²) in [4.78, 5) is 5.00. The Morgan fingerprint density at radius 2 is 1.90 bits per heavy atom. The van der Waals surface area contributed by atoms with Gasteiger partial charge in [-0.2, -0.15) is 0 Å². The summed E-state index contributed by atoms with van der Waals surface area (Å²) in [6.07, 6.45) is 2.22. The molecule has 0 saturated carbocycles. The van der Waals surface area contributed by atoms with Crippen LogP contribution in [0.3, 0.4) is 0 Å². The second kappa shape index (κ2) is 7.55. The highest BCUT2D eigenvalue weighted by Crippen LogP contribution is 2.28. The molecule has 0 aliphatic carbocycles. The van der Waals surface area contributed by atoms with Gasteiger partial charge in [0, 0.05) is 44.0 Å². The van der Waals surface area contributed by atoms with Crippen LogP contribution in [-0.4, -0.2) is 43.7 Å². The summed E-state index contributed by atoms with van der Waals surface area (Å²) in [6, 6.07) is 6.83. The lowest BCUT2D eigenvalue weighted by molar-refractivity contribution is 0.193. The Morgan fingerprint density at radius 1 is 1.19 bits per heavy atom. The van der Waals surface area contributed by atoms with Gasteiger partial charge in [0.05, 0.1) is 12.3 Å². The summed E-state index contributed by atoms with van der Waals surface area (Å²) in [7, 11) is 0. The van der Waals surface area contributed by atoms with E-state index >= 15 is 0 Å². The molecule has 21 heavy (non-hydrogen) atoms. The van der Waals surface area contributed by atoms with Crippen LogP contribution in [0.5, 0.6) is 5.75 Å². The molecule has 1 aromatic rings. The van der Waals surface area contributed by atoms with Gasteiger partial charge in [-0.25, -0.2) is 0 Å². The second-order valence-electron chi connectivity index (χ2n) is 5.85. The van der Waals surface area contributed by atoms with Crippen LogP contribution in [0.4, 0.5) is 11.4 Å². The van der Waals surface area contributed by atoms with Crippen LogP contribution < -0.4 is 15.4 Å². The molecule has 1 saturated heterocycles. The van der Waals surface area contributed by atoms with Crippen LogP contribution in [-0.2, 0) is 0 Å². The highest BCUT2D eigenvalue weighted by molar-refractivity contribution is 5.62. The lowest BCUT2D eigenvalue weighted by Gasteiger charge is -2.39. The molecule has 1 aromatic carbocycles. The standard InChI is InChI=1S/C17H29N3O/c1-4-12-21-17-13-15(6-7-16(17)18)20-10-8-19(9-11-20)14(3)5-2/h6-7,13-14H,4-5,8-12,18H2,1-3H3. The summed E-state index contributed by atoms with van der Waals surface area (Å²) >= 11 is 0. The molecule has 0 aromatic heterocycles. The maximum absolute atomic E-state index is 5.99. The van der Waals surface area contributed by atoms with Crippen LogP contribution >= 0.6 is 0 Å². The van der Waals surface area contributed by atoms with Crippen molar-refractivity contribution in [3.8, 4) is 5.75 Å². The van der Waals surface area contributed by atoms with E-state index < -0.39 is 0 Å². The summed E-state index contributed by atoms with van der Waals surface area (Å²) < 4.78 is 5.73. The van der Waals surface area contributed by atoms with Crippen molar-refractivity contribution in [2.75, 3.05) is 43.4 Å². The van der Waals surface area contributed by atoms with E-state index in [0.717, 1.165) is 50.6 Å². The Bertz CT molecular complexity index is 442. The molecule has 0 radical (unpaired) electrons. The third-order valence-corrected chi connectivity index (χ3v) is 4.35. The Labute approximate surface area is 128 Å². The monoisotopic (exact) mass is 291 g/mol.